The molecule has 4 bridgehead atoms. The summed E-state index contributed by atoms with van der Waals surface area (Å²) in [7, 11) is 0. The number of carbonyl (C=O) groups excluding carboxylic acids is 1. The number of amides is 1. The molecule has 1 heterocycles. The third-order valence-electron chi connectivity index (χ3n) is 6.26. The molecule has 0 spiro atoms. The quantitative estimate of drug-likeness (QED) is 0.846. The van der Waals surface area contributed by atoms with E-state index in [4.69, 9.17) is 5.11 Å². The fourth-order valence-corrected chi connectivity index (χ4v) is 5.83. The number of aliphatic hydroxyl groups is 1. The molecule has 0 aromatic rings. The highest BCUT2D eigenvalue weighted by molar-refractivity contribution is 5.77. The minimum atomic E-state index is 0.237. The second kappa shape index (κ2) is 4.21. The molecule has 0 aromatic heterocycles. The fraction of sp³-hybridized carbons (Fsp3) is 0.938. The van der Waals surface area contributed by atoms with Gasteiger partial charge in [-0.2, -0.15) is 0 Å². The van der Waals surface area contributed by atoms with Gasteiger partial charge < -0.3 is 10.0 Å². The van der Waals surface area contributed by atoms with E-state index in [9.17, 15) is 4.79 Å². The molecule has 1 aliphatic heterocycles. The molecule has 5 rings (SSSR count). The Hall–Kier alpha value is -0.570. The van der Waals surface area contributed by atoms with Crippen molar-refractivity contribution >= 4 is 5.91 Å². The van der Waals surface area contributed by atoms with Gasteiger partial charge in [-0.25, -0.2) is 0 Å². The highest BCUT2D eigenvalue weighted by Crippen LogP contribution is 2.61. The summed E-state index contributed by atoms with van der Waals surface area (Å²) >= 11 is 0. The molecular formula is C16H25NO2. The summed E-state index contributed by atoms with van der Waals surface area (Å²) in [6.45, 7) is 1.82. The molecule has 1 amide bonds. The first-order chi connectivity index (χ1) is 9.16. The van der Waals surface area contributed by atoms with Crippen LogP contribution in [0.1, 0.15) is 44.9 Å². The second-order valence-electron chi connectivity index (χ2n) is 7.94. The van der Waals surface area contributed by atoms with Gasteiger partial charge in [0.1, 0.15) is 0 Å². The Kier molecular flexibility index (Phi) is 2.70. The van der Waals surface area contributed by atoms with Crippen LogP contribution in [-0.4, -0.2) is 35.6 Å². The minimum absolute atomic E-state index is 0.237. The third kappa shape index (κ3) is 2.01. The maximum Gasteiger partial charge on any atom is 0.223 e. The molecule has 0 aromatic carbocycles. The first-order valence-electron chi connectivity index (χ1n) is 8.04. The Balaban J connectivity index is 1.41. The zero-order chi connectivity index (χ0) is 13.0. The van der Waals surface area contributed by atoms with Crippen molar-refractivity contribution in [1.29, 1.82) is 0 Å². The molecular weight excluding hydrogens is 238 g/mol. The zero-order valence-electron chi connectivity index (χ0n) is 11.7. The first-order valence-corrected chi connectivity index (χ1v) is 8.04. The van der Waals surface area contributed by atoms with Crippen molar-refractivity contribution in [2.45, 2.75) is 44.9 Å². The van der Waals surface area contributed by atoms with Gasteiger partial charge in [-0.15, -0.1) is 0 Å². The highest BCUT2D eigenvalue weighted by Gasteiger charge is 2.52. The molecule has 0 unspecified atom stereocenters. The van der Waals surface area contributed by atoms with Crippen LogP contribution in [0.5, 0.6) is 0 Å². The van der Waals surface area contributed by atoms with E-state index in [0.717, 1.165) is 37.3 Å². The third-order valence-corrected chi connectivity index (χ3v) is 6.26. The average Bonchev–Trinajstić information content (AvgIpc) is 2.24. The van der Waals surface area contributed by atoms with Crippen molar-refractivity contribution in [3.63, 3.8) is 0 Å². The summed E-state index contributed by atoms with van der Waals surface area (Å²) in [5, 5.41) is 9.05. The number of hydrogen-bond donors (Lipinski definition) is 1. The standard InChI is InChI=1S/C16H25NO2/c18-10-14-8-17(9-14)15(19)7-16-4-11-1-12(5-16)3-13(2-11)6-16/h11-14,18H,1-10H2. The van der Waals surface area contributed by atoms with Gasteiger partial charge in [-0.1, -0.05) is 0 Å². The lowest BCUT2D eigenvalue weighted by Crippen LogP contribution is -2.54. The predicted molar refractivity (Wildman–Crippen MR) is 72.4 cm³/mol. The lowest BCUT2D eigenvalue weighted by atomic mass is 9.49. The van der Waals surface area contributed by atoms with Crippen molar-refractivity contribution < 1.29 is 9.90 Å². The van der Waals surface area contributed by atoms with Crippen LogP contribution in [0.15, 0.2) is 0 Å². The van der Waals surface area contributed by atoms with Crippen LogP contribution in [0, 0.1) is 29.1 Å². The highest BCUT2D eigenvalue weighted by atomic mass is 16.3. The van der Waals surface area contributed by atoms with E-state index in [1.54, 1.807) is 0 Å². The number of aliphatic hydroxyl groups excluding tert-OH is 1. The molecule has 1 saturated heterocycles. The molecule has 106 valence electrons. The summed E-state index contributed by atoms with van der Waals surface area (Å²) in [4.78, 5) is 14.4. The Morgan fingerprint density at radius 2 is 1.58 bits per heavy atom. The van der Waals surface area contributed by atoms with Gasteiger partial charge in [-0.3, -0.25) is 4.79 Å². The van der Waals surface area contributed by atoms with Crippen molar-refractivity contribution in [3.8, 4) is 0 Å². The molecule has 3 heteroatoms. The van der Waals surface area contributed by atoms with E-state index in [0.29, 0.717) is 17.2 Å². The Morgan fingerprint density at radius 1 is 1.05 bits per heavy atom. The van der Waals surface area contributed by atoms with E-state index < -0.39 is 0 Å². The molecule has 5 fully saturated rings. The predicted octanol–water partition coefficient (Wildman–Crippen LogP) is 2.04. The van der Waals surface area contributed by atoms with E-state index in [2.05, 4.69) is 0 Å². The van der Waals surface area contributed by atoms with Crippen LogP contribution < -0.4 is 0 Å². The molecule has 4 saturated carbocycles. The average molecular weight is 263 g/mol. The molecule has 1 N–H and O–H groups in total. The second-order valence-corrected chi connectivity index (χ2v) is 7.94. The monoisotopic (exact) mass is 263 g/mol. The molecule has 5 aliphatic rings. The number of carbonyl (C=O) groups is 1. The number of hydrogen-bond acceptors (Lipinski definition) is 2. The maximum atomic E-state index is 12.4. The molecule has 3 nitrogen and oxygen atoms in total. The molecule has 4 aliphatic carbocycles. The summed E-state index contributed by atoms with van der Waals surface area (Å²) in [5.41, 5.74) is 0.371. The van der Waals surface area contributed by atoms with E-state index in [1.807, 2.05) is 4.90 Å². The SMILES string of the molecule is O=C(CC12CC3CC(CC(C3)C1)C2)N1CC(CO)C1. The van der Waals surface area contributed by atoms with Crippen molar-refractivity contribution in [1.82, 2.24) is 4.90 Å². The summed E-state index contributed by atoms with van der Waals surface area (Å²) in [5.74, 6) is 3.51. The van der Waals surface area contributed by atoms with Gasteiger partial charge in [0, 0.05) is 32.0 Å². The van der Waals surface area contributed by atoms with Crippen molar-refractivity contribution in [3.05, 3.63) is 0 Å². The summed E-state index contributed by atoms with van der Waals surface area (Å²) < 4.78 is 0. The van der Waals surface area contributed by atoms with Gasteiger partial charge in [-0.05, 0) is 61.7 Å². The van der Waals surface area contributed by atoms with Crippen LogP contribution in [0.2, 0.25) is 0 Å². The minimum Gasteiger partial charge on any atom is -0.396 e. The topological polar surface area (TPSA) is 40.5 Å². The Morgan fingerprint density at radius 3 is 2.05 bits per heavy atom. The van der Waals surface area contributed by atoms with Crippen LogP contribution in [-0.2, 0) is 4.79 Å². The van der Waals surface area contributed by atoms with E-state index in [-0.39, 0.29) is 6.61 Å². The van der Waals surface area contributed by atoms with E-state index in [1.165, 1.54) is 38.5 Å². The van der Waals surface area contributed by atoms with Crippen molar-refractivity contribution in [2.75, 3.05) is 19.7 Å². The van der Waals surface area contributed by atoms with E-state index >= 15 is 0 Å². The normalized spacial score (nSPS) is 44.5. The smallest absolute Gasteiger partial charge is 0.223 e. The summed E-state index contributed by atoms with van der Waals surface area (Å²) in [6, 6.07) is 0. The lowest BCUT2D eigenvalue weighted by Gasteiger charge is -2.57. The van der Waals surface area contributed by atoms with Gasteiger partial charge in [0.2, 0.25) is 5.91 Å². The van der Waals surface area contributed by atoms with Gasteiger partial charge >= 0.3 is 0 Å². The zero-order valence-corrected chi connectivity index (χ0v) is 11.7. The largest absolute Gasteiger partial charge is 0.396 e. The number of likely N-dealkylation sites (tertiary alicyclic amines) is 1. The Labute approximate surface area is 115 Å². The fourth-order valence-electron chi connectivity index (χ4n) is 5.83. The molecule has 0 radical (unpaired) electrons. The first kappa shape index (κ1) is 12.2. The van der Waals surface area contributed by atoms with Crippen LogP contribution >= 0.6 is 0 Å². The number of nitrogens with zero attached hydrogens (tertiary/aromatic N) is 1. The van der Waals surface area contributed by atoms with Gasteiger partial charge in [0.25, 0.3) is 0 Å². The molecule has 19 heavy (non-hydrogen) atoms. The van der Waals surface area contributed by atoms with Gasteiger partial charge in [0.05, 0.1) is 0 Å². The lowest BCUT2D eigenvalue weighted by molar-refractivity contribution is -0.146. The van der Waals surface area contributed by atoms with Crippen LogP contribution in [0.4, 0.5) is 0 Å². The van der Waals surface area contributed by atoms with Gasteiger partial charge in [0.15, 0.2) is 0 Å². The van der Waals surface area contributed by atoms with Crippen molar-refractivity contribution in [2.24, 2.45) is 29.1 Å². The summed E-state index contributed by atoms with van der Waals surface area (Å²) in [6.07, 6.45) is 9.11. The van der Waals surface area contributed by atoms with Crippen LogP contribution in [0.3, 0.4) is 0 Å². The Bertz CT molecular complexity index is 351. The molecule has 0 atom stereocenters. The number of rotatable bonds is 3. The maximum absolute atomic E-state index is 12.4. The van der Waals surface area contributed by atoms with Crippen LogP contribution in [0.25, 0.3) is 0 Å².